The first-order valence-electron chi connectivity index (χ1n) is 23.5. The summed E-state index contributed by atoms with van der Waals surface area (Å²) in [5, 5.41) is 0.0327. The van der Waals surface area contributed by atoms with Crippen LogP contribution in [0, 0.1) is 5.92 Å². The first-order valence-corrected chi connectivity index (χ1v) is 31.9. The Bertz CT molecular complexity index is 1690. The number of esters is 4. The van der Waals surface area contributed by atoms with Crippen LogP contribution in [0.5, 0.6) is 0 Å². The Balaban J connectivity index is 0.000000686. The standard InChI is InChI=1S/C26H38BO8P.C23H46O7Si2/c1-17(2)26(31-6)25(33-19(4)28)21(14-24(29)30-5)13-22(34-26)15-23(35-36(7)27)18(3)32-16-20-11-9-8-10-12-20;1-10-21(24)28-14-11-13-26-15-12-20(30-32(8,9)23(2,3)4)18-22(25)29-19-27-16-17-31(5,6)7/h8-12,14,17-18,22-23,25H,13,15-16H2,1-7H3;10,20H,1,11-19H2,2-9H3/b21-14+;/t18-,22+,23-,25+,26+,36?;20-/m11/s1. The van der Waals surface area contributed by atoms with Crippen LogP contribution in [0.2, 0.25) is 43.8 Å². The molecule has 0 N–H and O–H groups in total. The Hall–Kier alpha value is -2.77. The van der Waals surface area contributed by atoms with Crippen molar-refractivity contribution in [1.82, 2.24) is 0 Å². The maximum absolute atomic E-state index is 12.4. The van der Waals surface area contributed by atoms with Gasteiger partial charge in [0.2, 0.25) is 5.79 Å². The van der Waals surface area contributed by atoms with E-state index in [1.54, 1.807) is 0 Å². The predicted molar refractivity (Wildman–Crippen MR) is 271 cm³/mol. The van der Waals surface area contributed by atoms with Crippen molar-refractivity contribution in [2.45, 2.75) is 167 Å². The molecule has 0 aliphatic carbocycles. The summed E-state index contributed by atoms with van der Waals surface area (Å²) in [6, 6.07) is 10.9. The van der Waals surface area contributed by atoms with Crippen LogP contribution in [0.1, 0.15) is 86.1 Å². The Morgan fingerprint density at radius 2 is 1.62 bits per heavy atom. The maximum Gasteiger partial charge on any atom is 0.330 e. The highest BCUT2D eigenvalue weighted by atomic mass is 31.1. The number of carbonyl (C=O) groups is 4. The number of methoxy groups -OCH3 is 2. The van der Waals surface area contributed by atoms with Crippen molar-refractivity contribution in [3.8, 4) is 0 Å². The Morgan fingerprint density at radius 1 is 0.956 bits per heavy atom. The summed E-state index contributed by atoms with van der Waals surface area (Å²) < 4.78 is 62.9. The highest BCUT2D eigenvalue weighted by Gasteiger charge is 2.53. The van der Waals surface area contributed by atoms with Gasteiger partial charge >= 0.3 is 23.9 Å². The summed E-state index contributed by atoms with van der Waals surface area (Å²) in [7, 11) is 4.45. The fraction of sp³-hybridized carbons (Fsp3) is 0.714. The maximum atomic E-state index is 12.4. The Labute approximate surface area is 412 Å². The van der Waals surface area contributed by atoms with Gasteiger partial charge in [0.15, 0.2) is 21.2 Å². The summed E-state index contributed by atoms with van der Waals surface area (Å²) in [6.07, 6.45) is 2.27. The van der Waals surface area contributed by atoms with Crippen molar-refractivity contribution >= 4 is 55.9 Å². The fourth-order valence-corrected chi connectivity index (χ4v) is 9.45. The quantitative estimate of drug-likeness (QED) is 0.0141. The van der Waals surface area contributed by atoms with Crippen molar-refractivity contribution in [3.05, 3.63) is 60.2 Å². The monoisotopic (exact) mass is 1010 g/mol. The molecule has 0 amide bonds. The zero-order chi connectivity index (χ0) is 51.7. The summed E-state index contributed by atoms with van der Waals surface area (Å²) in [5.41, 5.74) is 1.60. The van der Waals surface area contributed by atoms with Crippen LogP contribution in [0.3, 0.4) is 0 Å². The molecule has 0 aromatic heterocycles. The lowest BCUT2D eigenvalue weighted by atomic mass is 9.84. The third-order valence-corrected chi connectivity index (χ3v) is 18.3. The summed E-state index contributed by atoms with van der Waals surface area (Å²) in [6.45, 7) is 32.1. The number of rotatable bonds is 29. The molecule has 19 heteroatoms. The lowest BCUT2D eigenvalue weighted by molar-refractivity contribution is -0.322. The zero-order valence-electron chi connectivity index (χ0n) is 43.8. The van der Waals surface area contributed by atoms with Crippen LogP contribution in [-0.2, 0) is 77.4 Å². The third-order valence-electron chi connectivity index (χ3n) is 11.5. The van der Waals surface area contributed by atoms with Gasteiger partial charge in [-0.1, -0.05) is 91.2 Å². The molecule has 68 heavy (non-hydrogen) atoms. The summed E-state index contributed by atoms with van der Waals surface area (Å²) in [4.78, 5) is 47.6. The second-order valence-corrected chi connectivity index (χ2v) is 31.5. The van der Waals surface area contributed by atoms with Gasteiger partial charge in [0.25, 0.3) is 0 Å². The SMILES string of the molecule is C=CC(=O)OCCCOCC[C@H](CC(=O)OCOCC[Si](C)(C)C)O[Si](C)(C)C(C)(C)C.[B]P(C)O[C@H](C[C@@H]1C/C(=C\C(=O)OC)[C@H](OC(C)=O)[C@](OC)(C(C)C)O1)[C@@H](C)OCc1ccccc1. The van der Waals surface area contributed by atoms with Gasteiger partial charge in [-0.2, -0.15) is 0 Å². The van der Waals surface area contributed by atoms with Gasteiger partial charge in [-0.05, 0) is 69.8 Å². The second-order valence-electron chi connectivity index (χ2n) is 19.9. The van der Waals surface area contributed by atoms with Crippen molar-refractivity contribution < 1.29 is 70.8 Å². The molecule has 1 aromatic rings. The Morgan fingerprint density at radius 3 is 2.16 bits per heavy atom. The van der Waals surface area contributed by atoms with Gasteiger partial charge in [-0.25, -0.2) is 9.59 Å². The van der Waals surface area contributed by atoms with E-state index in [1.807, 2.05) is 57.8 Å². The second kappa shape index (κ2) is 31.5. The average molecular weight is 1010 g/mol. The first-order chi connectivity index (χ1) is 31.7. The lowest BCUT2D eigenvalue weighted by Gasteiger charge is -2.49. The summed E-state index contributed by atoms with van der Waals surface area (Å²) >= 11 is 0. The van der Waals surface area contributed by atoms with Crippen molar-refractivity contribution in [1.29, 1.82) is 0 Å². The molecular weight excluding hydrogens is 926 g/mol. The number of ether oxygens (including phenoxy) is 9. The van der Waals surface area contributed by atoms with Crippen LogP contribution in [0.4, 0.5) is 0 Å². The molecular formula is C49H84BO15PSi2. The van der Waals surface area contributed by atoms with E-state index in [0.717, 1.165) is 17.7 Å². The number of hydrogen-bond acceptors (Lipinski definition) is 15. The summed E-state index contributed by atoms with van der Waals surface area (Å²) in [5.74, 6) is -3.35. The van der Waals surface area contributed by atoms with Crippen LogP contribution in [0.25, 0.3) is 0 Å². The van der Waals surface area contributed by atoms with Crippen molar-refractivity contribution in [2.24, 2.45) is 5.92 Å². The molecule has 2 rings (SSSR count). The molecule has 386 valence electrons. The molecule has 1 fully saturated rings. The molecule has 1 aliphatic heterocycles. The van der Waals surface area contributed by atoms with Crippen molar-refractivity contribution in [2.75, 3.05) is 54.1 Å². The predicted octanol–water partition coefficient (Wildman–Crippen LogP) is 9.44. The van der Waals surface area contributed by atoms with Crippen molar-refractivity contribution in [3.63, 3.8) is 0 Å². The fourth-order valence-electron chi connectivity index (χ4n) is 6.62. The van der Waals surface area contributed by atoms with Gasteiger partial charge in [0, 0.05) is 72.8 Å². The van der Waals surface area contributed by atoms with E-state index in [0.29, 0.717) is 64.3 Å². The van der Waals surface area contributed by atoms with E-state index in [-0.39, 0.29) is 48.5 Å². The van der Waals surface area contributed by atoms with Gasteiger partial charge in [0.1, 0.15) is 7.57 Å². The molecule has 0 spiro atoms. The van der Waals surface area contributed by atoms with E-state index in [4.69, 9.17) is 59.1 Å². The molecule has 15 nitrogen and oxygen atoms in total. The topological polar surface area (TPSA) is 170 Å². The molecule has 1 saturated heterocycles. The molecule has 1 aromatic carbocycles. The van der Waals surface area contributed by atoms with Gasteiger partial charge in [-0.15, -0.1) is 0 Å². The lowest BCUT2D eigenvalue weighted by Crippen LogP contribution is -2.59. The largest absolute Gasteiger partial charge is 0.466 e. The molecule has 7 atom stereocenters. The minimum Gasteiger partial charge on any atom is -0.466 e. The molecule has 1 heterocycles. The minimum atomic E-state index is -2.05. The average Bonchev–Trinajstić information content (AvgIpc) is 3.24. The minimum absolute atomic E-state index is 0.0178. The van der Waals surface area contributed by atoms with Gasteiger partial charge in [0.05, 0.1) is 51.2 Å². The van der Waals surface area contributed by atoms with E-state index < -0.39 is 60.3 Å². The number of carbonyl (C=O) groups excluding carboxylic acids is 4. The van der Waals surface area contributed by atoms with Crippen LogP contribution in [-0.4, -0.2) is 138 Å². The van der Waals surface area contributed by atoms with E-state index in [2.05, 4.69) is 60.1 Å². The molecule has 2 radical (unpaired) electrons. The van der Waals surface area contributed by atoms with E-state index in [9.17, 15) is 19.2 Å². The first kappa shape index (κ1) is 63.2. The number of benzene rings is 1. The van der Waals surface area contributed by atoms with Gasteiger partial charge in [-0.3, -0.25) is 9.59 Å². The normalized spacial score (nSPS) is 20.0. The molecule has 0 saturated carbocycles. The molecule has 0 bridgehead atoms. The van der Waals surface area contributed by atoms with Crippen LogP contribution in [0.15, 0.2) is 54.6 Å². The van der Waals surface area contributed by atoms with E-state index >= 15 is 0 Å². The Kier molecular flexibility index (Phi) is 29.3. The third kappa shape index (κ3) is 24.9. The smallest absolute Gasteiger partial charge is 0.330 e. The molecule has 1 aliphatic rings. The van der Waals surface area contributed by atoms with E-state index in [1.165, 1.54) is 27.2 Å². The highest BCUT2D eigenvalue weighted by molar-refractivity contribution is 7.77. The molecule has 1 unspecified atom stereocenters. The number of hydrogen-bond donors (Lipinski definition) is 0. The zero-order valence-corrected chi connectivity index (χ0v) is 46.7. The highest BCUT2D eigenvalue weighted by Crippen LogP contribution is 2.43. The van der Waals surface area contributed by atoms with Crippen LogP contribution >= 0.6 is 8.03 Å². The van der Waals surface area contributed by atoms with Crippen LogP contribution < -0.4 is 0 Å². The van der Waals surface area contributed by atoms with Gasteiger partial charge < -0.3 is 51.6 Å².